The van der Waals surface area contributed by atoms with Crippen LogP contribution in [0.3, 0.4) is 0 Å². The zero-order chi connectivity index (χ0) is 19.0. The van der Waals surface area contributed by atoms with Crippen LogP contribution in [0.25, 0.3) is 22.0 Å². The number of carbonyl (C=O) groups excluding carboxylic acids is 1. The molecule has 0 saturated heterocycles. The number of H-pyrrole nitrogens is 1. The zero-order valence-electron chi connectivity index (χ0n) is 15.5. The smallest absolute Gasteiger partial charge is 0.271 e. The van der Waals surface area contributed by atoms with E-state index in [1.165, 1.54) is 0 Å². The summed E-state index contributed by atoms with van der Waals surface area (Å²) in [6.45, 7) is 1.58. The van der Waals surface area contributed by atoms with Gasteiger partial charge in [0.05, 0.1) is 0 Å². The number of aromatic nitrogens is 1. The molecule has 7 heteroatoms. The van der Waals surface area contributed by atoms with Gasteiger partial charge in [0.1, 0.15) is 5.69 Å². The van der Waals surface area contributed by atoms with E-state index in [4.69, 9.17) is 23.1 Å². The summed E-state index contributed by atoms with van der Waals surface area (Å²) < 4.78 is 0. The standard InChI is InChI=1S/C21H23ClN4O.ClH/c22-14-7-8-16-13(10-14)11-26(12-15(24)4-3-9-23)21(27)20-19(16)17-5-1-2-6-18(17)25-20;/h1-2,5-8,10,15,25H,3-4,9,11-12,23-24H2;1H/t15-;/m0./s1. The number of fused-ring (bicyclic) bond motifs is 5. The van der Waals surface area contributed by atoms with Crippen molar-refractivity contribution in [3.05, 3.63) is 58.7 Å². The molecule has 2 aromatic carbocycles. The molecule has 1 atom stereocenters. The van der Waals surface area contributed by atoms with Crippen LogP contribution >= 0.6 is 24.0 Å². The minimum absolute atomic E-state index is 0. The summed E-state index contributed by atoms with van der Waals surface area (Å²) in [5.41, 5.74) is 16.4. The number of aromatic amines is 1. The van der Waals surface area contributed by atoms with Crippen LogP contribution in [0.4, 0.5) is 0 Å². The normalized spacial score (nSPS) is 14.2. The lowest BCUT2D eigenvalue weighted by Gasteiger charge is -2.25. The Morgan fingerprint density at radius 2 is 2.00 bits per heavy atom. The van der Waals surface area contributed by atoms with Crippen molar-refractivity contribution in [2.45, 2.75) is 25.4 Å². The number of amides is 1. The van der Waals surface area contributed by atoms with Crippen molar-refractivity contribution in [2.24, 2.45) is 11.5 Å². The highest BCUT2D eigenvalue weighted by atomic mass is 35.5. The quantitative estimate of drug-likeness (QED) is 0.586. The van der Waals surface area contributed by atoms with Gasteiger partial charge in [-0.2, -0.15) is 0 Å². The molecule has 0 unspecified atom stereocenters. The Balaban J connectivity index is 0.00000225. The fourth-order valence-corrected chi connectivity index (χ4v) is 4.05. The summed E-state index contributed by atoms with van der Waals surface area (Å²) in [5.74, 6) is -0.0308. The SMILES string of the molecule is Cl.NCCC[C@H](N)CN1Cc2cc(Cl)ccc2-c2c([nH]c3ccccc23)C1=O. The van der Waals surface area contributed by atoms with Crippen molar-refractivity contribution in [3.63, 3.8) is 0 Å². The maximum absolute atomic E-state index is 13.4. The van der Waals surface area contributed by atoms with Crippen molar-refractivity contribution in [1.29, 1.82) is 0 Å². The zero-order valence-corrected chi connectivity index (χ0v) is 17.0. The number of para-hydroxylation sites is 1. The second kappa shape index (κ2) is 8.53. The fourth-order valence-electron chi connectivity index (χ4n) is 3.86. The monoisotopic (exact) mass is 418 g/mol. The molecule has 1 aliphatic rings. The van der Waals surface area contributed by atoms with Crippen LogP contribution in [-0.2, 0) is 6.54 Å². The van der Waals surface area contributed by atoms with E-state index in [1.807, 2.05) is 47.4 Å². The van der Waals surface area contributed by atoms with E-state index < -0.39 is 0 Å². The Bertz CT molecular complexity index is 1000. The summed E-state index contributed by atoms with van der Waals surface area (Å²) in [6.07, 6.45) is 1.64. The molecule has 2 heterocycles. The minimum atomic E-state index is -0.105. The van der Waals surface area contributed by atoms with Crippen molar-refractivity contribution >= 4 is 40.8 Å². The second-order valence-corrected chi connectivity index (χ2v) is 7.54. The molecule has 1 aromatic heterocycles. The molecule has 0 bridgehead atoms. The van der Waals surface area contributed by atoms with E-state index in [2.05, 4.69) is 4.98 Å². The maximum Gasteiger partial charge on any atom is 0.271 e. The molecule has 148 valence electrons. The second-order valence-electron chi connectivity index (χ2n) is 7.10. The Hall–Kier alpha value is -2.05. The first-order valence-corrected chi connectivity index (χ1v) is 9.60. The van der Waals surface area contributed by atoms with Gasteiger partial charge in [-0.25, -0.2) is 0 Å². The molecule has 1 aliphatic heterocycles. The van der Waals surface area contributed by atoms with Gasteiger partial charge in [0, 0.05) is 40.6 Å². The summed E-state index contributed by atoms with van der Waals surface area (Å²) in [7, 11) is 0. The topological polar surface area (TPSA) is 88.1 Å². The van der Waals surface area contributed by atoms with Crippen molar-refractivity contribution < 1.29 is 4.79 Å². The Morgan fingerprint density at radius 3 is 2.79 bits per heavy atom. The molecule has 28 heavy (non-hydrogen) atoms. The van der Waals surface area contributed by atoms with Gasteiger partial charge in [0.25, 0.3) is 5.91 Å². The number of rotatable bonds is 5. The lowest BCUT2D eigenvalue weighted by atomic mass is 9.98. The third-order valence-electron chi connectivity index (χ3n) is 5.14. The number of benzene rings is 2. The summed E-state index contributed by atoms with van der Waals surface area (Å²) in [6, 6.07) is 13.7. The van der Waals surface area contributed by atoms with Crippen LogP contribution < -0.4 is 11.5 Å². The van der Waals surface area contributed by atoms with Crippen LogP contribution in [-0.4, -0.2) is 34.9 Å². The third kappa shape index (κ3) is 3.76. The van der Waals surface area contributed by atoms with Gasteiger partial charge in [0.2, 0.25) is 0 Å². The molecule has 0 radical (unpaired) electrons. The van der Waals surface area contributed by atoms with E-state index in [-0.39, 0.29) is 24.4 Å². The van der Waals surface area contributed by atoms with E-state index >= 15 is 0 Å². The Labute approximate surface area is 175 Å². The summed E-state index contributed by atoms with van der Waals surface area (Å²) in [4.78, 5) is 18.5. The average Bonchev–Trinajstić information content (AvgIpc) is 3.00. The van der Waals surface area contributed by atoms with Gasteiger partial charge in [-0.05, 0) is 48.7 Å². The molecule has 0 fully saturated rings. The molecule has 0 aliphatic carbocycles. The number of nitrogens with one attached hydrogen (secondary N) is 1. The minimum Gasteiger partial charge on any atom is -0.350 e. The number of nitrogens with two attached hydrogens (primary N) is 2. The number of hydrogen-bond donors (Lipinski definition) is 3. The van der Waals surface area contributed by atoms with E-state index in [0.717, 1.165) is 40.4 Å². The van der Waals surface area contributed by atoms with Gasteiger partial charge in [0.15, 0.2) is 0 Å². The highest BCUT2D eigenvalue weighted by Crippen LogP contribution is 2.39. The third-order valence-corrected chi connectivity index (χ3v) is 5.37. The number of hydrogen-bond acceptors (Lipinski definition) is 3. The van der Waals surface area contributed by atoms with E-state index in [9.17, 15) is 4.79 Å². The lowest BCUT2D eigenvalue weighted by molar-refractivity contribution is 0.0729. The van der Waals surface area contributed by atoms with E-state index in [0.29, 0.717) is 30.4 Å². The molecular weight excluding hydrogens is 395 g/mol. The molecule has 5 N–H and O–H groups in total. The Morgan fingerprint density at radius 1 is 1.21 bits per heavy atom. The lowest BCUT2D eigenvalue weighted by Crippen LogP contribution is -2.40. The van der Waals surface area contributed by atoms with Gasteiger partial charge >= 0.3 is 0 Å². The van der Waals surface area contributed by atoms with Crippen molar-refractivity contribution in [2.75, 3.05) is 13.1 Å². The number of halogens is 2. The maximum atomic E-state index is 13.4. The molecule has 3 aromatic rings. The summed E-state index contributed by atoms with van der Waals surface area (Å²) >= 11 is 6.26. The molecule has 5 nitrogen and oxygen atoms in total. The van der Waals surface area contributed by atoms with Crippen LogP contribution in [0.15, 0.2) is 42.5 Å². The van der Waals surface area contributed by atoms with Crippen molar-refractivity contribution in [3.8, 4) is 11.1 Å². The molecular formula is C21H24Cl2N4O. The van der Waals surface area contributed by atoms with E-state index in [1.54, 1.807) is 0 Å². The predicted molar refractivity (Wildman–Crippen MR) is 117 cm³/mol. The molecule has 4 rings (SSSR count). The molecule has 0 spiro atoms. The van der Waals surface area contributed by atoms with Gasteiger partial charge < -0.3 is 21.4 Å². The van der Waals surface area contributed by atoms with Gasteiger partial charge in [-0.1, -0.05) is 35.9 Å². The fraction of sp³-hybridized carbons (Fsp3) is 0.286. The predicted octanol–water partition coefficient (Wildman–Crippen LogP) is 3.93. The number of carbonyl (C=O) groups is 1. The van der Waals surface area contributed by atoms with Crippen LogP contribution in [0.2, 0.25) is 5.02 Å². The van der Waals surface area contributed by atoms with Gasteiger partial charge in [-0.15, -0.1) is 12.4 Å². The Kier molecular flexibility index (Phi) is 6.30. The van der Waals surface area contributed by atoms with Crippen LogP contribution in [0, 0.1) is 0 Å². The summed E-state index contributed by atoms with van der Waals surface area (Å²) in [5, 5.41) is 1.70. The van der Waals surface area contributed by atoms with Crippen molar-refractivity contribution in [1.82, 2.24) is 9.88 Å². The van der Waals surface area contributed by atoms with Crippen LogP contribution in [0.1, 0.15) is 28.9 Å². The molecule has 0 saturated carbocycles. The first-order chi connectivity index (χ1) is 13.1. The molecule has 1 amide bonds. The van der Waals surface area contributed by atoms with Gasteiger partial charge in [-0.3, -0.25) is 4.79 Å². The highest BCUT2D eigenvalue weighted by Gasteiger charge is 2.30. The highest BCUT2D eigenvalue weighted by molar-refractivity contribution is 6.30. The number of nitrogens with zero attached hydrogens (tertiary/aromatic N) is 1. The average molecular weight is 419 g/mol. The van der Waals surface area contributed by atoms with Crippen LogP contribution in [0.5, 0.6) is 0 Å². The first-order valence-electron chi connectivity index (χ1n) is 9.23. The largest absolute Gasteiger partial charge is 0.350 e. The first kappa shape index (κ1) is 20.7.